The van der Waals surface area contributed by atoms with Crippen LogP contribution in [-0.4, -0.2) is 6.54 Å². The molecule has 1 aliphatic rings. The van der Waals surface area contributed by atoms with E-state index >= 15 is 0 Å². The summed E-state index contributed by atoms with van der Waals surface area (Å²) < 4.78 is 0. The standard InChI is InChI=1S/C11H12N2/c12-8-10-6-7-13-11(10)9-4-2-1-3-5-9/h1-5,10-11,13H,6-7H2/t10-,11?/m1/s1. The van der Waals surface area contributed by atoms with Crippen LogP contribution >= 0.6 is 0 Å². The molecule has 2 rings (SSSR count). The third-order valence-corrected chi connectivity index (χ3v) is 2.55. The number of rotatable bonds is 1. The molecule has 1 heterocycles. The molecule has 1 aliphatic heterocycles. The molecule has 1 saturated heterocycles. The predicted molar refractivity (Wildman–Crippen MR) is 50.9 cm³/mol. The van der Waals surface area contributed by atoms with Crippen molar-refractivity contribution in [2.24, 2.45) is 5.92 Å². The lowest BCUT2D eigenvalue weighted by Gasteiger charge is -2.13. The Hall–Kier alpha value is -1.33. The van der Waals surface area contributed by atoms with Gasteiger partial charge in [-0.1, -0.05) is 30.3 Å². The van der Waals surface area contributed by atoms with Gasteiger partial charge in [-0.05, 0) is 18.5 Å². The summed E-state index contributed by atoms with van der Waals surface area (Å²) in [6.07, 6.45) is 0.968. The van der Waals surface area contributed by atoms with Gasteiger partial charge in [0.2, 0.25) is 0 Å². The first-order chi connectivity index (χ1) is 6.42. The zero-order chi connectivity index (χ0) is 9.10. The number of benzene rings is 1. The second kappa shape index (κ2) is 3.59. The van der Waals surface area contributed by atoms with E-state index in [2.05, 4.69) is 23.5 Å². The Labute approximate surface area is 78.2 Å². The van der Waals surface area contributed by atoms with Crippen LogP contribution in [0.25, 0.3) is 0 Å². The summed E-state index contributed by atoms with van der Waals surface area (Å²) in [6, 6.07) is 12.8. The summed E-state index contributed by atoms with van der Waals surface area (Å²) >= 11 is 0. The molecule has 0 radical (unpaired) electrons. The van der Waals surface area contributed by atoms with Crippen molar-refractivity contribution in [3.8, 4) is 6.07 Å². The van der Waals surface area contributed by atoms with Crippen LogP contribution in [0.5, 0.6) is 0 Å². The Balaban J connectivity index is 2.22. The van der Waals surface area contributed by atoms with Crippen molar-refractivity contribution >= 4 is 0 Å². The van der Waals surface area contributed by atoms with Crippen molar-refractivity contribution in [3.05, 3.63) is 35.9 Å². The van der Waals surface area contributed by atoms with Crippen LogP contribution in [0.4, 0.5) is 0 Å². The van der Waals surface area contributed by atoms with Crippen LogP contribution in [0.2, 0.25) is 0 Å². The Bertz CT molecular complexity index is 313. The number of hydrogen-bond acceptors (Lipinski definition) is 2. The average Bonchev–Trinajstić information content (AvgIpc) is 2.67. The molecule has 0 saturated carbocycles. The van der Waals surface area contributed by atoms with Crippen molar-refractivity contribution in [3.63, 3.8) is 0 Å². The molecule has 0 bridgehead atoms. The fourth-order valence-corrected chi connectivity index (χ4v) is 1.85. The molecule has 2 atom stereocenters. The van der Waals surface area contributed by atoms with Crippen LogP contribution < -0.4 is 5.32 Å². The molecule has 1 fully saturated rings. The van der Waals surface area contributed by atoms with Gasteiger partial charge in [0.25, 0.3) is 0 Å². The molecular formula is C11H12N2. The molecule has 1 unspecified atom stereocenters. The van der Waals surface area contributed by atoms with Gasteiger partial charge in [0, 0.05) is 6.04 Å². The van der Waals surface area contributed by atoms with Crippen LogP contribution in [-0.2, 0) is 0 Å². The second-order valence-electron chi connectivity index (χ2n) is 3.37. The molecule has 0 amide bonds. The lowest BCUT2D eigenvalue weighted by molar-refractivity contribution is 0.561. The van der Waals surface area contributed by atoms with E-state index in [-0.39, 0.29) is 12.0 Å². The van der Waals surface area contributed by atoms with Gasteiger partial charge in [-0.2, -0.15) is 5.26 Å². The van der Waals surface area contributed by atoms with Crippen molar-refractivity contribution in [2.45, 2.75) is 12.5 Å². The molecule has 66 valence electrons. The van der Waals surface area contributed by atoms with Crippen LogP contribution in [0, 0.1) is 17.2 Å². The van der Waals surface area contributed by atoms with Crippen molar-refractivity contribution in [1.29, 1.82) is 5.26 Å². The predicted octanol–water partition coefficient (Wildman–Crippen LogP) is 1.86. The smallest absolute Gasteiger partial charge is 0.0676 e. The summed E-state index contributed by atoms with van der Waals surface area (Å²) in [5.74, 6) is 0.141. The summed E-state index contributed by atoms with van der Waals surface area (Å²) in [5, 5.41) is 12.3. The minimum absolute atomic E-state index is 0.141. The third kappa shape index (κ3) is 1.56. The Morgan fingerprint density at radius 1 is 1.31 bits per heavy atom. The highest BCUT2D eigenvalue weighted by Gasteiger charge is 2.27. The molecule has 1 aromatic rings. The highest BCUT2D eigenvalue weighted by molar-refractivity contribution is 5.22. The summed E-state index contributed by atoms with van der Waals surface area (Å²) in [6.45, 7) is 0.956. The molecule has 2 heteroatoms. The van der Waals surface area contributed by atoms with Crippen LogP contribution in [0.3, 0.4) is 0 Å². The summed E-state index contributed by atoms with van der Waals surface area (Å²) in [5.41, 5.74) is 1.23. The van der Waals surface area contributed by atoms with E-state index in [1.807, 2.05) is 18.2 Å². The maximum Gasteiger partial charge on any atom is 0.0676 e. The lowest BCUT2D eigenvalue weighted by Crippen LogP contribution is -2.16. The second-order valence-corrected chi connectivity index (χ2v) is 3.37. The topological polar surface area (TPSA) is 35.8 Å². The van der Waals surface area contributed by atoms with Gasteiger partial charge in [-0.25, -0.2) is 0 Å². The average molecular weight is 172 g/mol. The number of hydrogen-bond donors (Lipinski definition) is 1. The zero-order valence-corrected chi connectivity index (χ0v) is 7.40. The van der Waals surface area contributed by atoms with Crippen molar-refractivity contribution < 1.29 is 0 Å². The Morgan fingerprint density at radius 2 is 2.08 bits per heavy atom. The lowest BCUT2D eigenvalue weighted by atomic mass is 9.96. The molecule has 13 heavy (non-hydrogen) atoms. The monoisotopic (exact) mass is 172 g/mol. The van der Waals surface area contributed by atoms with Gasteiger partial charge in [-0.3, -0.25) is 0 Å². The molecule has 0 aromatic heterocycles. The molecule has 1 N–H and O–H groups in total. The van der Waals surface area contributed by atoms with E-state index in [4.69, 9.17) is 5.26 Å². The zero-order valence-electron chi connectivity index (χ0n) is 7.40. The Morgan fingerprint density at radius 3 is 2.77 bits per heavy atom. The van der Waals surface area contributed by atoms with Crippen molar-refractivity contribution in [2.75, 3.05) is 6.54 Å². The molecule has 0 aliphatic carbocycles. The highest BCUT2D eigenvalue weighted by atomic mass is 14.9. The summed E-state index contributed by atoms with van der Waals surface area (Å²) in [4.78, 5) is 0. The first kappa shape index (κ1) is 8.28. The highest BCUT2D eigenvalue weighted by Crippen LogP contribution is 2.28. The SMILES string of the molecule is N#C[C@H]1CCNC1c1ccccc1. The van der Waals surface area contributed by atoms with E-state index in [0.29, 0.717) is 0 Å². The number of nitriles is 1. The van der Waals surface area contributed by atoms with E-state index in [9.17, 15) is 0 Å². The van der Waals surface area contributed by atoms with Crippen LogP contribution in [0.15, 0.2) is 30.3 Å². The minimum Gasteiger partial charge on any atom is -0.309 e. The maximum absolute atomic E-state index is 8.91. The Kier molecular flexibility index (Phi) is 2.29. The first-order valence-electron chi connectivity index (χ1n) is 4.60. The van der Waals surface area contributed by atoms with Gasteiger partial charge in [0.05, 0.1) is 12.0 Å². The normalized spacial score (nSPS) is 27.0. The molecule has 2 nitrogen and oxygen atoms in total. The summed E-state index contributed by atoms with van der Waals surface area (Å²) in [7, 11) is 0. The fourth-order valence-electron chi connectivity index (χ4n) is 1.85. The third-order valence-electron chi connectivity index (χ3n) is 2.55. The number of nitrogens with one attached hydrogen (secondary N) is 1. The minimum atomic E-state index is 0.141. The fraction of sp³-hybridized carbons (Fsp3) is 0.364. The largest absolute Gasteiger partial charge is 0.309 e. The first-order valence-corrected chi connectivity index (χ1v) is 4.60. The van der Waals surface area contributed by atoms with E-state index in [1.54, 1.807) is 0 Å². The maximum atomic E-state index is 8.91. The van der Waals surface area contributed by atoms with E-state index < -0.39 is 0 Å². The molecule has 0 spiro atoms. The van der Waals surface area contributed by atoms with Gasteiger partial charge in [0.15, 0.2) is 0 Å². The van der Waals surface area contributed by atoms with E-state index in [0.717, 1.165) is 13.0 Å². The van der Waals surface area contributed by atoms with Gasteiger partial charge < -0.3 is 5.32 Å². The quantitative estimate of drug-likeness (QED) is 0.701. The number of nitrogens with zero attached hydrogens (tertiary/aromatic N) is 1. The van der Waals surface area contributed by atoms with Gasteiger partial charge >= 0.3 is 0 Å². The molecule has 1 aromatic carbocycles. The van der Waals surface area contributed by atoms with Gasteiger partial charge in [0.1, 0.15) is 0 Å². The van der Waals surface area contributed by atoms with E-state index in [1.165, 1.54) is 5.56 Å². The van der Waals surface area contributed by atoms with Crippen LogP contribution in [0.1, 0.15) is 18.0 Å². The molecular weight excluding hydrogens is 160 g/mol. The van der Waals surface area contributed by atoms with Crippen molar-refractivity contribution in [1.82, 2.24) is 5.32 Å². The van der Waals surface area contributed by atoms with Gasteiger partial charge in [-0.15, -0.1) is 0 Å².